The van der Waals surface area contributed by atoms with Crippen molar-refractivity contribution in [1.82, 2.24) is 9.97 Å². The van der Waals surface area contributed by atoms with E-state index in [-0.39, 0.29) is 11.8 Å². The number of hydrogen-bond acceptors (Lipinski definition) is 3. The lowest BCUT2D eigenvalue weighted by Gasteiger charge is -1.99. The summed E-state index contributed by atoms with van der Waals surface area (Å²) in [4.78, 5) is 7.13. The molecule has 0 amide bonds. The van der Waals surface area contributed by atoms with Crippen LogP contribution < -0.4 is 5.73 Å². The van der Waals surface area contributed by atoms with E-state index in [1.165, 1.54) is 12.1 Å². The van der Waals surface area contributed by atoms with Crippen LogP contribution in [0.3, 0.4) is 0 Å². The average Bonchev–Trinajstić information content (AvgIpc) is 2.99. The Morgan fingerprint density at radius 3 is 2.95 bits per heavy atom. The molecule has 0 atom stereocenters. The highest BCUT2D eigenvalue weighted by atomic mass is 19.1. The van der Waals surface area contributed by atoms with Gasteiger partial charge in [0.25, 0.3) is 6.01 Å². The third-order valence-corrected chi connectivity index (χ3v) is 3.36. The SMILES string of the molecule is Nc1nc2ccc(-c3c[nH]c4cc(F)ccc34)cc2o1. The second kappa shape index (κ2) is 3.84. The fraction of sp³-hybridized carbons (Fsp3) is 0. The lowest BCUT2D eigenvalue weighted by atomic mass is 10.0. The van der Waals surface area contributed by atoms with Crippen molar-refractivity contribution in [1.29, 1.82) is 0 Å². The molecule has 4 nitrogen and oxygen atoms in total. The van der Waals surface area contributed by atoms with Crippen LogP contribution in [-0.2, 0) is 0 Å². The Balaban J connectivity index is 1.95. The molecule has 0 spiro atoms. The van der Waals surface area contributed by atoms with Crippen LogP contribution in [0.1, 0.15) is 0 Å². The molecule has 0 unspecified atom stereocenters. The molecule has 2 aromatic heterocycles. The molecule has 0 aliphatic carbocycles. The van der Waals surface area contributed by atoms with E-state index in [2.05, 4.69) is 9.97 Å². The Labute approximate surface area is 113 Å². The molecule has 0 bridgehead atoms. The van der Waals surface area contributed by atoms with E-state index < -0.39 is 0 Å². The normalized spacial score (nSPS) is 11.4. The van der Waals surface area contributed by atoms with Crippen molar-refractivity contribution in [3.63, 3.8) is 0 Å². The molecular formula is C15H10FN3O. The largest absolute Gasteiger partial charge is 0.424 e. The van der Waals surface area contributed by atoms with E-state index in [9.17, 15) is 4.39 Å². The molecule has 5 heteroatoms. The molecule has 3 N–H and O–H groups in total. The summed E-state index contributed by atoms with van der Waals surface area (Å²) >= 11 is 0. The van der Waals surface area contributed by atoms with E-state index in [4.69, 9.17) is 10.2 Å². The summed E-state index contributed by atoms with van der Waals surface area (Å²) in [6.45, 7) is 0. The van der Waals surface area contributed by atoms with Gasteiger partial charge >= 0.3 is 0 Å². The van der Waals surface area contributed by atoms with E-state index in [0.717, 1.165) is 27.5 Å². The predicted molar refractivity (Wildman–Crippen MR) is 75.7 cm³/mol. The number of anilines is 1. The molecule has 4 aromatic rings. The maximum atomic E-state index is 13.2. The van der Waals surface area contributed by atoms with Crippen LogP contribution in [0.15, 0.2) is 47.0 Å². The minimum atomic E-state index is -0.260. The topological polar surface area (TPSA) is 67.8 Å². The van der Waals surface area contributed by atoms with Crippen molar-refractivity contribution in [3.8, 4) is 11.1 Å². The van der Waals surface area contributed by atoms with Gasteiger partial charge in [-0.25, -0.2) is 4.39 Å². The number of H-pyrrole nitrogens is 1. The molecule has 2 aromatic carbocycles. The summed E-state index contributed by atoms with van der Waals surface area (Å²) < 4.78 is 18.5. The number of benzene rings is 2. The van der Waals surface area contributed by atoms with Gasteiger partial charge in [-0.1, -0.05) is 6.07 Å². The Morgan fingerprint density at radius 1 is 1.15 bits per heavy atom. The zero-order chi connectivity index (χ0) is 13.7. The van der Waals surface area contributed by atoms with Crippen LogP contribution in [0.4, 0.5) is 10.4 Å². The first kappa shape index (κ1) is 11.0. The van der Waals surface area contributed by atoms with Crippen molar-refractivity contribution in [2.45, 2.75) is 0 Å². The fourth-order valence-electron chi connectivity index (χ4n) is 2.45. The molecule has 0 fully saturated rings. The monoisotopic (exact) mass is 267 g/mol. The zero-order valence-corrected chi connectivity index (χ0v) is 10.4. The summed E-state index contributed by atoms with van der Waals surface area (Å²) in [5.41, 5.74) is 9.60. The molecule has 0 saturated heterocycles. The molecule has 2 heterocycles. The van der Waals surface area contributed by atoms with Gasteiger partial charge in [0.1, 0.15) is 11.3 Å². The molecular weight excluding hydrogens is 257 g/mol. The van der Waals surface area contributed by atoms with Crippen LogP contribution in [0.5, 0.6) is 0 Å². The van der Waals surface area contributed by atoms with E-state index in [0.29, 0.717) is 5.58 Å². The van der Waals surface area contributed by atoms with Crippen LogP contribution >= 0.6 is 0 Å². The molecule has 0 radical (unpaired) electrons. The highest BCUT2D eigenvalue weighted by Crippen LogP contribution is 2.31. The molecule has 0 saturated carbocycles. The molecule has 0 aliphatic rings. The molecule has 0 aliphatic heterocycles. The third kappa shape index (κ3) is 1.56. The number of aromatic amines is 1. The van der Waals surface area contributed by atoms with Gasteiger partial charge in [-0.15, -0.1) is 0 Å². The first-order chi connectivity index (χ1) is 9.70. The highest BCUT2D eigenvalue weighted by molar-refractivity contribution is 5.97. The first-order valence-corrected chi connectivity index (χ1v) is 6.14. The molecule has 4 rings (SSSR count). The number of nitrogens with zero attached hydrogens (tertiary/aromatic N) is 1. The van der Waals surface area contributed by atoms with E-state index in [1.54, 1.807) is 6.07 Å². The summed E-state index contributed by atoms with van der Waals surface area (Å²) in [7, 11) is 0. The number of nitrogens with one attached hydrogen (secondary N) is 1. The van der Waals surface area contributed by atoms with Crippen molar-refractivity contribution >= 4 is 28.0 Å². The smallest absolute Gasteiger partial charge is 0.292 e. The number of rotatable bonds is 1. The quantitative estimate of drug-likeness (QED) is 0.552. The number of nitrogens with two attached hydrogens (primary N) is 1. The third-order valence-electron chi connectivity index (χ3n) is 3.36. The number of aromatic nitrogens is 2. The van der Waals surface area contributed by atoms with Crippen molar-refractivity contribution in [2.75, 3.05) is 5.73 Å². The molecule has 20 heavy (non-hydrogen) atoms. The maximum absolute atomic E-state index is 13.2. The van der Waals surface area contributed by atoms with Gasteiger partial charge in [-0.3, -0.25) is 0 Å². The van der Waals surface area contributed by atoms with Crippen LogP contribution in [0, 0.1) is 5.82 Å². The van der Waals surface area contributed by atoms with Gasteiger partial charge in [-0.05, 0) is 35.9 Å². The summed E-state index contributed by atoms with van der Waals surface area (Å²) in [6, 6.07) is 10.5. The lowest BCUT2D eigenvalue weighted by molar-refractivity contribution is 0.626. The van der Waals surface area contributed by atoms with Gasteiger partial charge in [0.2, 0.25) is 0 Å². The average molecular weight is 267 g/mol. The number of hydrogen-bond donors (Lipinski definition) is 2. The number of fused-ring (bicyclic) bond motifs is 2. The Kier molecular flexibility index (Phi) is 2.12. The van der Waals surface area contributed by atoms with Gasteiger partial charge in [0.05, 0.1) is 0 Å². The fourth-order valence-corrected chi connectivity index (χ4v) is 2.45. The molecule has 98 valence electrons. The summed E-state index contributed by atoms with van der Waals surface area (Å²) in [5, 5.41) is 0.957. The first-order valence-electron chi connectivity index (χ1n) is 6.14. The van der Waals surface area contributed by atoms with Gasteiger partial charge in [0, 0.05) is 22.7 Å². The second-order valence-electron chi connectivity index (χ2n) is 4.63. The minimum Gasteiger partial charge on any atom is -0.424 e. The van der Waals surface area contributed by atoms with Gasteiger partial charge in [-0.2, -0.15) is 4.98 Å². The van der Waals surface area contributed by atoms with Crippen molar-refractivity contribution < 1.29 is 8.81 Å². The zero-order valence-electron chi connectivity index (χ0n) is 10.4. The minimum absolute atomic E-state index is 0.151. The highest BCUT2D eigenvalue weighted by Gasteiger charge is 2.09. The standard InChI is InChI=1S/C15H10FN3O/c16-9-2-3-10-11(7-18-13(10)6-9)8-1-4-12-14(5-8)20-15(17)19-12/h1-7,18H,(H2,17,19). The van der Waals surface area contributed by atoms with E-state index >= 15 is 0 Å². The van der Waals surface area contributed by atoms with E-state index in [1.807, 2.05) is 24.4 Å². The van der Waals surface area contributed by atoms with Crippen LogP contribution in [-0.4, -0.2) is 9.97 Å². The summed E-state index contributed by atoms with van der Waals surface area (Å²) in [5.74, 6) is -0.260. The van der Waals surface area contributed by atoms with Crippen LogP contribution in [0.25, 0.3) is 33.1 Å². The van der Waals surface area contributed by atoms with Crippen molar-refractivity contribution in [2.24, 2.45) is 0 Å². The van der Waals surface area contributed by atoms with Crippen molar-refractivity contribution in [3.05, 3.63) is 48.4 Å². The second-order valence-corrected chi connectivity index (χ2v) is 4.63. The lowest BCUT2D eigenvalue weighted by Crippen LogP contribution is -1.80. The maximum Gasteiger partial charge on any atom is 0.292 e. The number of nitrogen functional groups attached to an aromatic ring is 1. The van der Waals surface area contributed by atoms with Crippen LogP contribution in [0.2, 0.25) is 0 Å². The Morgan fingerprint density at radius 2 is 2.05 bits per heavy atom. The number of halogens is 1. The van der Waals surface area contributed by atoms with Gasteiger partial charge < -0.3 is 15.1 Å². The Bertz CT molecular complexity index is 939. The van der Waals surface area contributed by atoms with Gasteiger partial charge in [0.15, 0.2) is 5.58 Å². The number of oxazole rings is 1. The Hall–Kier alpha value is -2.82. The summed E-state index contributed by atoms with van der Waals surface area (Å²) in [6.07, 6.45) is 1.85. The predicted octanol–water partition coefficient (Wildman–Crippen LogP) is 3.70.